The van der Waals surface area contributed by atoms with Crippen LogP contribution in [0.4, 0.5) is 5.69 Å². The monoisotopic (exact) mass is 253 g/mol. The highest BCUT2D eigenvalue weighted by Crippen LogP contribution is 2.20. The summed E-state index contributed by atoms with van der Waals surface area (Å²) in [6.45, 7) is 5.22. The number of nitriles is 1. The third kappa shape index (κ3) is 3.44. The molecule has 1 aromatic rings. The van der Waals surface area contributed by atoms with Gasteiger partial charge in [0.2, 0.25) is 10.0 Å². The van der Waals surface area contributed by atoms with Gasteiger partial charge in [0.1, 0.15) is 4.90 Å². The van der Waals surface area contributed by atoms with E-state index in [4.69, 9.17) is 11.0 Å². The van der Waals surface area contributed by atoms with E-state index in [9.17, 15) is 8.42 Å². The molecule has 0 aliphatic heterocycles. The molecule has 0 fully saturated rings. The van der Waals surface area contributed by atoms with Crippen LogP contribution < -0.4 is 10.5 Å². The first kappa shape index (κ1) is 13.5. The molecule has 92 valence electrons. The second-order valence-corrected chi connectivity index (χ2v) is 6.37. The van der Waals surface area contributed by atoms with E-state index in [0.29, 0.717) is 5.56 Å². The van der Waals surface area contributed by atoms with Crippen LogP contribution in [0.1, 0.15) is 26.3 Å². The van der Waals surface area contributed by atoms with Crippen LogP contribution in [0.5, 0.6) is 0 Å². The van der Waals surface area contributed by atoms with Crippen molar-refractivity contribution in [3.8, 4) is 6.07 Å². The molecule has 0 amide bonds. The lowest BCUT2D eigenvalue weighted by molar-refractivity contribution is 0.492. The number of nitrogens with zero attached hydrogens (tertiary/aromatic N) is 1. The lowest BCUT2D eigenvalue weighted by atomic mass is 10.1. The Balaban J connectivity index is 3.22. The van der Waals surface area contributed by atoms with Crippen LogP contribution in [0.3, 0.4) is 0 Å². The number of nitrogens with one attached hydrogen (secondary N) is 1. The first-order valence-electron chi connectivity index (χ1n) is 4.99. The Morgan fingerprint density at radius 2 is 1.94 bits per heavy atom. The summed E-state index contributed by atoms with van der Waals surface area (Å²) < 4.78 is 26.5. The van der Waals surface area contributed by atoms with Gasteiger partial charge >= 0.3 is 0 Å². The Bertz CT molecular complexity index is 565. The predicted molar refractivity (Wildman–Crippen MR) is 65.6 cm³/mol. The molecular weight excluding hydrogens is 238 g/mol. The van der Waals surface area contributed by atoms with Crippen molar-refractivity contribution in [3.05, 3.63) is 23.8 Å². The Hall–Kier alpha value is -1.58. The molecule has 0 aromatic heterocycles. The maximum absolute atomic E-state index is 12.0. The number of nitrogens with two attached hydrogens (primary N) is 1. The Morgan fingerprint density at radius 3 is 2.35 bits per heavy atom. The quantitative estimate of drug-likeness (QED) is 0.774. The van der Waals surface area contributed by atoms with Crippen LogP contribution in [-0.4, -0.2) is 14.0 Å². The second-order valence-electron chi connectivity index (χ2n) is 4.72. The van der Waals surface area contributed by atoms with E-state index in [1.807, 2.05) is 6.07 Å². The minimum atomic E-state index is -3.66. The van der Waals surface area contributed by atoms with Gasteiger partial charge in [-0.25, -0.2) is 13.1 Å². The van der Waals surface area contributed by atoms with Gasteiger partial charge in [-0.1, -0.05) is 0 Å². The highest BCUT2D eigenvalue weighted by atomic mass is 32.2. The van der Waals surface area contributed by atoms with Gasteiger partial charge in [0.25, 0.3) is 0 Å². The van der Waals surface area contributed by atoms with Crippen molar-refractivity contribution in [2.45, 2.75) is 31.2 Å². The molecule has 1 aromatic carbocycles. The van der Waals surface area contributed by atoms with E-state index < -0.39 is 15.6 Å². The smallest absolute Gasteiger partial charge is 0.243 e. The molecule has 0 unspecified atom stereocenters. The number of sulfonamides is 1. The Morgan fingerprint density at radius 1 is 1.35 bits per heavy atom. The maximum atomic E-state index is 12.0. The molecule has 17 heavy (non-hydrogen) atoms. The molecule has 0 heterocycles. The first-order chi connectivity index (χ1) is 7.65. The summed E-state index contributed by atoms with van der Waals surface area (Å²) in [5.41, 5.74) is 5.45. The average molecular weight is 253 g/mol. The van der Waals surface area contributed by atoms with Crippen LogP contribution in [-0.2, 0) is 10.0 Å². The van der Waals surface area contributed by atoms with E-state index in [1.54, 1.807) is 20.8 Å². The lowest BCUT2D eigenvalue weighted by Gasteiger charge is -2.20. The van der Waals surface area contributed by atoms with Crippen molar-refractivity contribution in [2.24, 2.45) is 0 Å². The van der Waals surface area contributed by atoms with E-state index >= 15 is 0 Å². The van der Waals surface area contributed by atoms with Gasteiger partial charge in [-0.2, -0.15) is 5.26 Å². The summed E-state index contributed by atoms with van der Waals surface area (Å²) in [4.78, 5) is -0.00794. The Labute approximate surface area is 101 Å². The van der Waals surface area contributed by atoms with E-state index in [-0.39, 0.29) is 10.6 Å². The number of nitrogen functional groups attached to an aromatic ring is 1. The van der Waals surface area contributed by atoms with Crippen molar-refractivity contribution in [2.75, 3.05) is 5.73 Å². The van der Waals surface area contributed by atoms with Crippen LogP contribution in [0.2, 0.25) is 0 Å². The second kappa shape index (κ2) is 4.35. The molecule has 5 nitrogen and oxygen atoms in total. The average Bonchev–Trinajstić information content (AvgIpc) is 2.13. The van der Waals surface area contributed by atoms with Crippen molar-refractivity contribution in [1.29, 1.82) is 5.26 Å². The normalized spacial score (nSPS) is 12.1. The van der Waals surface area contributed by atoms with Crippen LogP contribution in [0, 0.1) is 11.3 Å². The lowest BCUT2D eigenvalue weighted by Crippen LogP contribution is -2.40. The van der Waals surface area contributed by atoms with Gasteiger partial charge in [0.15, 0.2) is 0 Å². The van der Waals surface area contributed by atoms with Crippen LogP contribution in [0.25, 0.3) is 0 Å². The van der Waals surface area contributed by atoms with E-state index in [0.717, 1.165) is 0 Å². The minimum Gasteiger partial charge on any atom is -0.398 e. The molecule has 1 rings (SSSR count). The van der Waals surface area contributed by atoms with Gasteiger partial charge in [0.05, 0.1) is 17.3 Å². The Kier molecular flexibility index (Phi) is 3.45. The zero-order valence-electron chi connectivity index (χ0n) is 9.98. The molecule has 0 aliphatic carbocycles. The number of hydrogen-bond donors (Lipinski definition) is 2. The summed E-state index contributed by atoms with van der Waals surface area (Å²) in [7, 11) is -3.66. The fourth-order valence-electron chi connectivity index (χ4n) is 1.32. The molecule has 0 saturated heterocycles. The topological polar surface area (TPSA) is 96.0 Å². The van der Waals surface area contributed by atoms with Crippen molar-refractivity contribution in [1.82, 2.24) is 4.72 Å². The number of hydrogen-bond acceptors (Lipinski definition) is 4. The molecule has 0 bridgehead atoms. The van der Waals surface area contributed by atoms with Crippen LogP contribution in [0.15, 0.2) is 23.1 Å². The maximum Gasteiger partial charge on any atom is 0.243 e. The first-order valence-corrected chi connectivity index (χ1v) is 6.48. The molecule has 0 spiro atoms. The molecule has 0 atom stereocenters. The van der Waals surface area contributed by atoms with E-state index in [2.05, 4.69) is 4.72 Å². The van der Waals surface area contributed by atoms with Gasteiger partial charge in [-0.05, 0) is 39.0 Å². The number of benzene rings is 1. The third-order valence-electron chi connectivity index (χ3n) is 1.87. The molecule has 0 aliphatic rings. The standard InChI is InChI=1S/C11H15N3O2S/c1-11(2,3)14-17(15,16)10-5-4-8(7-12)6-9(10)13/h4-6,14H,13H2,1-3H3. The molecule has 6 heteroatoms. The molecule has 0 saturated carbocycles. The van der Waals surface area contributed by atoms with Gasteiger partial charge in [0, 0.05) is 5.54 Å². The summed E-state index contributed by atoms with van der Waals surface area (Å²) in [6, 6.07) is 6.00. The number of anilines is 1. The summed E-state index contributed by atoms with van der Waals surface area (Å²) in [6.07, 6.45) is 0. The number of rotatable bonds is 2. The van der Waals surface area contributed by atoms with Crippen LogP contribution >= 0.6 is 0 Å². The van der Waals surface area contributed by atoms with Crippen molar-refractivity contribution >= 4 is 15.7 Å². The highest BCUT2D eigenvalue weighted by molar-refractivity contribution is 7.89. The fourth-order valence-corrected chi connectivity index (χ4v) is 2.85. The fraction of sp³-hybridized carbons (Fsp3) is 0.364. The summed E-state index contributed by atoms with van der Waals surface area (Å²) in [5.74, 6) is 0. The van der Waals surface area contributed by atoms with Gasteiger partial charge in [-0.3, -0.25) is 0 Å². The molecular formula is C11H15N3O2S. The minimum absolute atomic E-state index is 0.00794. The van der Waals surface area contributed by atoms with Gasteiger partial charge < -0.3 is 5.73 Å². The summed E-state index contributed by atoms with van der Waals surface area (Å²) >= 11 is 0. The predicted octanol–water partition coefficient (Wildman–Crippen LogP) is 1.22. The largest absolute Gasteiger partial charge is 0.398 e. The van der Waals surface area contributed by atoms with Gasteiger partial charge in [-0.15, -0.1) is 0 Å². The molecule has 3 N–H and O–H groups in total. The zero-order chi connectivity index (χ0) is 13.3. The SMILES string of the molecule is CC(C)(C)NS(=O)(=O)c1ccc(C#N)cc1N. The van der Waals surface area contributed by atoms with Crippen molar-refractivity contribution in [3.63, 3.8) is 0 Å². The van der Waals surface area contributed by atoms with Crippen molar-refractivity contribution < 1.29 is 8.42 Å². The highest BCUT2D eigenvalue weighted by Gasteiger charge is 2.23. The molecule has 0 radical (unpaired) electrons. The zero-order valence-corrected chi connectivity index (χ0v) is 10.8. The van der Waals surface area contributed by atoms with E-state index in [1.165, 1.54) is 18.2 Å². The summed E-state index contributed by atoms with van der Waals surface area (Å²) in [5, 5.41) is 8.67. The third-order valence-corrected chi connectivity index (χ3v) is 3.70.